The minimum atomic E-state index is -1.35. The summed E-state index contributed by atoms with van der Waals surface area (Å²) in [4.78, 5) is 40.0. The van der Waals surface area contributed by atoms with Crippen LogP contribution < -0.4 is 15.4 Å². The first-order chi connectivity index (χ1) is 19.6. The number of anilines is 1. The van der Waals surface area contributed by atoms with Crippen LogP contribution in [0.15, 0.2) is 59.1 Å². The zero-order chi connectivity index (χ0) is 29.5. The largest absolute Gasteiger partial charge is 0.492 e. The number of piperidine rings is 1. The number of carbonyl (C=O) groups is 3. The Labute approximate surface area is 261 Å². The van der Waals surface area contributed by atoms with Crippen molar-refractivity contribution < 1.29 is 23.9 Å². The molecule has 0 aromatic heterocycles. The van der Waals surface area contributed by atoms with Crippen LogP contribution in [0.25, 0.3) is 0 Å². The average Bonchev–Trinajstić information content (AvgIpc) is 3.21. The Kier molecular flexibility index (Phi) is 8.58. The Morgan fingerprint density at radius 2 is 1.78 bits per heavy atom. The predicted molar refractivity (Wildman–Crippen MR) is 162 cm³/mol. The highest BCUT2D eigenvalue weighted by atomic mass is 79.9. The summed E-state index contributed by atoms with van der Waals surface area (Å²) >= 11 is 22.9. The molecule has 4 atom stereocenters. The first kappa shape index (κ1) is 29.7. The van der Waals surface area contributed by atoms with Crippen LogP contribution in [0.2, 0.25) is 15.1 Å². The summed E-state index contributed by atoms with van der Waals surface area (Å²) in [5.74, 6) is -1.78. The average molecular weight is 681 g/mol. The van der Waals surface area contributed by atoms with Gasteiger partial charge in [0.1, 0.15) is 17.8 Å². The lowest BCUT2D eigenvalue weighted by Gasteiger charge is -2.47. The first-order valence-corrected chi connectivity index (χ1v) is 14.9. The highest BCUT2D eigenvalue weighted by molar-refractivity contribution is 9.10. The van der Waals surface area contributed by atoms with Gasteiger partial charge in [-0.25, -0.2) is 0 Å². The summed E-state index contributed by atoms with van der Waals surface area (Å²) in [7, 11) is 0. The number of esters is 1. The van der Waals surface area contributed by atoms with E-state index in [1.54, 1.807) is 62.4 Å². The number of carbonyl (C=O) groups excluding carboxylic acids is 3. The molecule has 1 fully saturated rings. The summed E-state index contributed by atoms with van der Waals surface area (Å²) in [6.07, 6.45) is -0.0234. The van der Waals surface area contributed by atoms with Crippen LogP contribution in [0.5, 0.6) is 5.75 Å². The molecule has 41 heavy (non-hydrogen) atoms. The van der Waals surface area contributed by atoms with E-state index in [9.17, 15) is 14.4 Å². The molecule has 2 amide bonds. The van der Waals surface area contributed by atoms with Gasteiger partial charge in [0, 0.05) is 43.1 Å². The van der Waals surface area contributed by atoms with E-state index in [0.717, 1.165) is 4.47 Å². The maximum atomic E-state index is 14.3. The molecule has 2 N–H and O–H groups in total. The van der Waals surface area contributed by atoms with Gasteiger partial charge in [0.25, 0.3) is 0 Å². The normalized spacial score (nSPS) is 22.1. The lowest BCUT2D eigenvalue weighted by atomic mass is 9.59. The van der Waals surface area contributed by atoms with E-state index >= 15 is 0 Å². The van der Waals surface area contributed by atoms with Gasteiger partial charge < -0.3 is 20.1 Å². The molecule has 3 aromatic carbocycles. The fraction of sp³-hybridized carbons (Fsp3) is 0.300. The molecule has 0 saturated carbocycles. The van der Waals surface area contributed by atoms with Crippen molar-refractivity contribution >= 4 is 74.2 Å². The molecule has 5 rings (SSSR count). The highest BCUT2D eigenvalue weighted by Crippen LogP contribution is 2.59. The number of amides is 2. The van der Waals surface area contributed by atoms with Crippen LogP contribution in [0, 0.1) is 5.92 Å². The smallest absolute Gasteiger partial charge is 0.312 e. The molecule has 0 radical (unpaired) electrons. The van der Waals surface area contributed by atoms with Gasteiger partial charge in [-0.15, -0.1) is 0 Å². The van der Waals surface area contributed by atoms with Gasteiger partial charge in [0.15, 0.2) is 0 Å². The molecular formula is C30H26BrCl3N2O5. The molecule has 11 heteroatoms. The van der Waals surface area contributed by atoms with Crippen LogP contribution in [0.1, 0.15) is 48.9 Å². The third-order valence-electron chi connectivity index (χ3n) is 7.55. The molecule has 2 heterocycles. The maximum Gasteiger partial charge on any atom is 0.312 e. The minimum absolute atomic E-state index is 0.0234. The lowest BCUT2D eigenvalue weighted by Crippen LogP contribution is -2.57. The van der Waals surface area contributed by atoms with E-state index in [2.05, 4.69) is 26.6 Å². The van der Waals surface area contributed by atoms with Crippen molar-refractivity contribution in [3.05, 3.63) is 90.8 Å². The summed E-state index contributed by atoms with van der Waals surface area (Å²) < 4.78 is 12.0. The van der Waals surface area contributed by atoms with Crippen molar-refractivity contribution in [1.82, 2.24) is 5.32 Å². The quantitative estimate of drug-likeness (QED) is 0.257. The van der Waals surface area contributed by atoms with Gasteiger partial charge in [-0.2, -0.15) is 0 Å². The highest BCUT2D eigenvalue weighted by Gasteiger charge is 2.62. The maximum absolute atomic E-state index is 14.3. The molecule has 4 unspecified atom stereocenters. The second-order valence-electron chi connectivity index (χ2n) is 10.1. The van der Waals surface area contributed by atoms with Crippen molar-refractivity contribution in [2.45, 2.75) is 37.6 Å². The molecule has 0 bridgehead atoms. The molecular weight excluding hydrogens is 655 g/mol. The number of benzene rings is 3. The third kappa shape index (κ3) is 5.43. The molecule has 3 aromatic rings. The number of nitrogens with one attached hydrogen (secondary N) is 2. The van der Waals surface area contributed by atoms with E-state index in [1.165, 1.54) is 0 Å². The van der Waals surface area contributed by atoms with E-state index in [0.29, 0.717) is 43.2 Å². The fourth-order valence-electron chi connectivity index (χ4n) is 5.75. The Morgan fingerprint density at radius 1 is 1.05 bits per heavy atom. The van der Waals surface area contributed by atoms with Gasteiger partial charge in [-0.1, -0.05) is 56.8 Å². The first-order valence-electron chi connectivity index (χ1n) is 13.0. The number of hydrogen-bond acceptors (Lipinski definition) is 5. The van der Waals surface area contributed by atoms with Gasteiger partial charge >= 0.3 is 5.97 Å². The molecule has 214 valence electrons. The number of fused-ring (bicyclic) bond motifs is 2. The number of ether oxygens (including phenoxy) is 2. The topological polar surface area (TPSA) is 93.7 Å². The number of rotatable bonds is 7. The fourth-order valence-corrected chi connectivity index (χ4v) is 6.71. The monoisotopic (exact) mass is 678 g/mol. The van der Waals surface area contributed by atoms with E-state index in [-0.39, 0.29) is 37.4 Å². The van der Waals surface area contributed by atoms with Crippen molar-refractivity contribution in [3.63, 3.8) is 0 Å². The Bertz CT molecular complexity index is 1550. The van der Waals surface area contributed by atoms with Crippen molar-refractivity contribution in [3.8, 4) is 5.75 Å². The van der Waals surface area contributed by atoms with Crippen molar-refractivity contribution in [2.75, 3.05) is 18.5 Å². The van der Waals surface area contributed by atoms with E-state index < -0.39 is 23.3 Å². The van der Waals surface area contributed by atoms with Crippen LogP contribution in [-0.4, -0.2) is 31.0 Å². The van der Waals surface area contributed by atoms with Crippen LogP contribution >= 0.6 is 50.7 Å². The Balaban J connectivity index is 1.71. The summed E-state index contributed by atoms with van der Waals surface area (Å²) in [6.45, 7) is 3.76. The number of hydrogen-bond donors (Lipinski definition) is 2. The van der Waals surface area contributed by atoms with Gasteiger partial charge in [0.05, 0.1) is 18.6 Å². The number of halogens is 4. The van der Waals surface area contributed by atoms with Crippen LogP contribution in [-0.2, 0) is 24.5 Å². The summed E-state index contributed by atoms with van der Waals surface area (Å²) in [6, 6.07) is 14.7. The zero-order valence-electron chi connectivity index (χ0n) is 22.1. The van der Waals surface area contributed by atoms with Gasteiger partial charge in [0.2, 0.25) is 11.8 Å². The third-order valence-corrected chi connectivity index (χ3v) is 8.85. The molecule has 0 aliphatic carbocycles. The van der Waals surface area contributed by atoms with Gasteiger partial charge in [-0.3, -0.25) is 14.4 Å². The molecule has 2 aliphatic heterocycles. The Hall–Kier alpha value is -2.78. The summed E-state index contributed by atoms with van der Waals surface area (Å²) in [5, 5.41) is 7.25. The minimum Gasteiger partial charge on any atom is -0.492 e. The zero-order valence-corrected chi connectivity index (χ0v) is 26.0. The van der Waals surface area contributed by atoms with E-state index in [4.69, 9.17) is 44.3 Å². The molecule has 7 nitrogen and oxygen atoms in total. The van der Waals surface area contributed by atoms with Crippen molar-refractivity contribution in [1.29, 1.82) is 0 Å². The van der Waals surface area contributed by atoms with Gasteiger partial charge in [-0.05, 0) is 73.5 Å². The summed E-state index contributed by atoms with van der Waals surface area (Å²) in [5.41, 5.74) is 0.965. The molecule has 1 saturated heterocycles. The molecule has 2 aliphatic rings. The van der Waals surface area contributed by atoms with Crippen LogP contribution in [0.3, 0.4) is 0 Å². The Morgan fingerprint density at radius 3 is 2.54 bits per heavy atom. The SMILES string of the molecule is CCOC(=O)C(C)COc1ccc(Br)cc1C1CC(=O)NC(c2cc(Cl)ccc2Cl)C12C(=O)Nc1cc(Cl)ccc12. The molecule has 1 spiro atoms. The second kappa shape index (κ2) is 11.8. The lowest BCUT2D eigenvalue weighted by molar-refractivity contribution is -0.148. The standard InChI is InChI=1S/C30H26BrCl3N2O5/c1-3-40-28(38)15(2)14-41-25-9-4-16(31)10-19(25)22-13-26(37)36-27(20-11-17(32)6-8-23(20)34)30(22)21-7-5-18(33)12-24(21)35-29(30)39/h4-12,15,22,27H,3,13-14H2,1-2H3,(H,35,39)(H,36,37). The van der Waals surface area contributed by atoms with Crippen LogP contribution in [0.4, 0.5) is 5.69 Å². The predicted octanol–water partition coefficient (Wildman–Crippen LogP) is 7.22. The second-order valence-corrected chi connectivity index (χ2v) is 12.3. The van der Waals surface area contributed by atoms with E-state index in [1.807, 2.05) is 6.07 Å². The van der Waals surface area contributed by atoms with Crippen molar-refractivity contribution in [2.24, 2.45) is 5.92 Å².